The first-order chi connectivity index (χ1) is 9.18. The summed E-state index contributed by atoms with van der Waals surface area (Å²) in [6.07, 6.45) is 1.65. The Hall–Kier alpha value is -1.60. The molecule has 0 aliphatic heterocycles. The van der Waals surface area contributed by atoms with Gasteiger partial charge in [-0.2, -0.15) is 0 Å². The molecule has 0 aliphatic rings. The van der Waals surface area contributed by atoms with Gasteiger partial charge in [0.05, 0.1) is 0 Å². The van der Waals surface area contributed by atoms with Gasteiger partial charge in [0, 0.05) is 16.5 Å². The highest BCUT2D eigenvalue weighted by Crippen LogP contribution is 2.20. The maximum absolute atomic E-state index is 12.2. The van der Waals surface area contributed by atoms with Crippen LogP contribution in [-0.4, -0.2) is 5.78 Å². The summed E-state index contributed by atoms with van der Waals surface area (Å²) in [6.45, 7) is 1.98. The lowest BCUT2D eigenvalue weighted by Crippen LogP contribution is -2.12. The Morgan fingerprint density at radius 2 is 1.68 bits per heavy atom. The van der Waals surface area contributed by atoms with E-state index in [0.29, 0.717) is 0 Å². The number of hydrogen-bond acceptors (Lipinski definition) is 1. The van der Waals surface area contributed by atoms with Crippen molar-refractivity contribution in [2.45, 2.75) is 19.8 Å². The summed E-state index contributed by atoms with van der Waals surface area (Å²) in [5.74, 6) is 0.214. The molecule has 2 aromatic rings. The van der Waals surface area contributed by atoms with E-state index >= 15 is 0 Å². The summed E-state index contributed by atoms with van der Waals surface area (Å²) < 4.78 is 0. The molecular formula is C17H17ClO. The number of ketones is 1. The molecule has 2 rings (SSSR count). The minimum Gasteiger partial charge on any atom is -0.294 e. The van der Waals surface area contributed by atoms with E-state index in [2.05, 4.69) is 0 Å². The standard InChI is InChI=1S/C17H17ClO/c1-13(17(19)15-8-3-2-4-9-15)11-12-14-7-5-6-10-16(14)18/h2-10,13H,11-12H2,1H3. The number of hydrogen-bond donors (Lipinski definition) is 0. The van der Waals surface area contributed by atoms with Crippen molar-refractivity contribution in [3.05, 3.63) is 70.7 Å². The summed E-state index contributed by atoms with van der Waals surface area (Å²) in [5, 5.41) is 0.780. The van der Waals surface area contributed by atoms with E-state index in [1.807, 2.05) is 61.5 Å². The Morgan fingerprint density at radius 1 is 1.05 bits per heavy atom. The lowest BCUT2D eigenvalue weighted by molar-refractivity contribution is 0.0924. The molecular weight excluding hydrogens is 256 g/mol. The third kappa shape index (κ3) is 3.68. The number of halogens is 1. The molecule has 0 N–H and O–H groups in total. The third-order valence-corrected chi connectivity index (χ3v) is 3.68. The molecule has 0 aromatic heterocycles. The monoisotopic (exact) mass is 272 g/mol. The number of benzene rings is 2. The molecule has 19 heavy (non-hydrogen) atoms. The van der Waals surface area contributed by atoms with Gasteiger partial charge in [0.1, 0.15) is 0 Å². The van der Waals surface area contributed by atoms with Crippen LogP contribution in [0, 0.1) is 5.92 Å². The molecule has 0 heterocycles. The van der Waals surface area contributed by atoms with Crippen LogP contribution in [0.15, 0.2) is 54.6 Å². The summed E-state index contributed by atoms with van der Waals surface area (Å²) in [4.78, 5) is 12.2. The lowest BCUT2D eigenvalue weighted by Gasteiger charge is -2.11. The second-order valence-corrected chi connectivity index (χ2v) is 5.17. The molecule has 0 fully saturated rings. The van der Waals surface area contributed by atoms with Gasteiger partial charge in [0.15, 0.2) is 5.78 Å². The summed E-state index contributed by atoms with van der Waals surface area (Å²) >= 11 is 6.12. The van der Waals surface area contributed by atoms with Gasteiger partial charge in [-0.15, -0.1) is 0 Å². The third-order valence-electron chi connectivity index (χ3n) is 3.31. The molecule has 0 spiro atoms. The van der Waals surface area contributed by atoms with Crippen molar-refractivity contribution in [1.29, 1.82) is 0 Å². The number of carbonyl (C=O) groups excluding carboxylic acids is 1. The molecule has 0 saturated heterocycles. The Kier molecular flexibility index (Phi) is 4.75. The van der Waals surface area contributed by atoms with Gasteiger partial charge in [0.25, 0.3) is 0 Å². The zero-order valence-electron chi connectivity index (χ0n) is 11.0. The first kappa shape index (κ1) is 13.8. The summed E-state index contributed by atoms with van der Waals surface area (Å²) in [6, 6.07) is 17.3. The maximum Gasteiger partial charge on any atom is 0.165 e. The van der Waals surface area contributed by atoms with Crippen LogP contribution in [0.3, 0.4) is 0 Å². The highest BCUT2D eigenvalue weighted by Gasteiger charge is 2.15. The predicted molar refractivity (Wildman–Crippen MR) is 79.7 cm³/mol. The fourth-order valence-electron chi connectivity index (χ4n) is 2.09. The van der Waals surface area contributed by atoms with E-state index in [4.69, 9.17) is 11.6 Å². The minimum absolute atomic E-state index is 0.0127. The van der Waals surface area contributed by atoms with E-state index in [-0.39, 0.29) is 11.7 Å². The molecule has 0 bridgehead atoms. The van der Waals surface area contributed by atoms with E-state index in [1.165, 1.54) is 0 Å². The van der Waals surface area contributed by atoms with Gasteiger partial charge in [0.2, 0.25) is 0 Å². The first-order valence-corrected chi connectivity index (χ1v) is 6.89. The summed E-state index contributed by atoms with van der Waals surface area (Å²) in [7, 11) is 0. The van der Waals surface area contributed by atoms with Crippen molar-refractivity contribution in [2.75, 3.05) is 0 Å². The van der Waals surface area contributed by atoms with Gasteiger partial charge >= 0.3 is 0 Å². The smallest absolute Gasteiger partial charge is 0.165 e. The van der Waals surface area contributed by atoms with E-state index in [9.17, 15) is 4.79 Å². The second kappa shape index (κ2) is 6.53. The molecule has 98 valence electrons. The van der Waals surface area contributed by atoms with Crippen LogP contribution >= 0.6 is 11.6 Å². The average molecular weight is 273 g/mol. The van der Waals surface area contributed by atoms with Crippen molar-refractivity contribution < 1.29 is 4.79 Å². The quantitative estimate of drug-likeness (QED) is 0.715. The Labute approximate surface area is 119 Å². The largest absolute Gasteiger partial charge is 0.294 e. The van der Waals surface area contributed by atoms with Crippen LogP contribution < -0.4 is 0 Å². The highest BCUT2D eigenvalue weighted by atomic mass is 35.5. The molecule has 0 saturated carbocycles. The fourth-order valence-corrected chi connectivity index (χ4v) is 2.32. The fraction of sp³-hybridized carbons (Fsp3) is 0.235. The zero-order valence-corrected chi connectivity index (χ0v) is 11.7. The first-order valence-electron chi connectivity index (χ1n) is 6.51. The van der Waals surface area contributed by atoms with Gasteiger partial charge < -0.3 is 0 Å². The molecule has 2 heteroatoms. The molecule has 1 nitrogen and oxygen atoms in total. The average Bonchev–Trinajstić information content (AvgIpc) is 2.46. The van der Waals surface area contributed by atoms with Crippen molar-refractivity contribution in [3.8, 4) is 0 Å². The normalized spacial score (nSPS) is 12.1. The number of Topliss-reactive ketones (excluding diaryl/α,β-unsaturated/α-hetero) is 1. The highest BCUT2D eigenvalue weighted by molar-refractivity contribution is 6.31. The van der Waals surface area contributed by atoms with Gasteiger partial charge in [-0.1, -0.05) is 67.1 Å². The molecule has 1 atom stereocenters. The molecule has 0 radical (unpaired) electrons. The van der Waals surface area contributed by atoms with Crippen LogP contribution in [0.1, 0.15) is 29.3 Å². The Balaban J connectivity index is 1.97. The second-order valence-electron chi connectivity index (χ2n) is 4.76. The maximum atomic E-state index is 12.2. The number of rotatable bonds is 5. The minimum atomic E-state index is 0.0127. The van der Waals surface area contributed by atoms with Gasteiger partial charge in [-0.3, -0.25) is 4.79 Å². The van der Waals surface area contributed by atoms with Crippen molar-refractivity contribution >= 4 is 17.4 Å². The van der Waals surface area contributed by atoms with Gasteiger partial charge in [-0.25, -0.2) is 0 Å². The number of aryl methyl sites for hydroxylation is 1. The number of carbonyl (C=O) groups is 1. The SMILES string of the molecule is CC(CCc1ccccc1Cl)C(=O)c1ccccc1. The van der Waals surface area contributed by atoms with Crippen molar-refractivity contribution in [1.82, 2.24) is 0 Å². The van der Waals surface area contributed by atoms with Crippen LogP contribution in [0.5, 0.6) is 0 Å². The van der Waals surface area contributed by atoms with Crippen molar-refractivity contribution in [2.24, 2.45) is 5.92 Å². The molecule has 0 amide bonds. The van der Waals surface area contributed by atoms with Crippen LogP contribution in [0.25, 0.3) is 0 Å². The topological polar surface area (TPSA) is 17.1 Å². The zero-order chi connectivity index (χ0) is 13.7. The van der Waals surface area contributed by atoms with E-state index in [1.54, 1.807) is 0 Å². The van der Waals surface area contributed by atoms with E-state index < -0.39 is 0 Å². The summed E-state index contributed by atoms with van der Waals surface area (Å²) in [5.41, 5.74) is 1.89. The lowest BCUT2D eigenvalue weighted by atomic mass is 9.93. The predicted octanol–water partition coefficient (Wildman–Crippen LogP) is 4.79. The molecule has 0 aliphatic carbocycles. The molecule has 1 unspecified atom stereocenters. The Bertz CT molecular complexity index is 548. The van der Waals surface area contributed by atoms with Crippen LogP contribution in [0.4, 0.5) is 0 Å². The Morgan fingerprint density at radius 3 is 2.37 bits per heavy atom. The molecule has 2 aromatic carbocycles. The van der Waals surface area contributed by atoms with Gasteiger partial charge in [-0.05, 0) is 24.5 Å². The van der Waals surface area contributed by atoms with Crippen molar-refractivity contribution in [3.63, 3.8) is 0 Å². The van der Waals surface area contributed by atoms with Crippen LogP contribution in [0.2, 0.25) is 5.02 Å². The van der Waals surface area contributed by atoms with E-state index in [0.717, 1.165) is 29.0 Å². The van der Waals surface area contributed by atoms with Crippen LogP contribution in [-0.2, 0) is 6.42 Å².